The van der Waals surface area contributed by atoms with Gasteiger partial charge in [-0.15, -0.1) is 11.8 Å². The Morgan fingerprint density at radius 3 is 2.36 bits per heavy atom. The van der Waals surface area contributed by atoms with Crippen LogP contribution in [0.3, 0.4) is 0 Å². The number of halogens is 3. The SMILES string of the molecule is CSc1nc(N)c(N)cc1C(F)(F)F. The standard InChI is InChI=1S/C7H8F3N3S/c1-14-6-3(7(8,9)10)2-4(11)5(12)13-6/h2H,11H2,1H3,(H2,12,13). The molecule has 1 aromatic heterocycles. The van der Waals surface area contributed by atoms with E-state index in [0.717, 1.165) is 17.8 Å². The molecule has 0 radical (unpaired) electrons. The van der Waals surface area contributed by atoms with E-state index >= 15 is 0 Å². The van der Waals surface area contributed by atoms with Crippen molar-refractivity contribution in [3.63, 3.8) is 0 Å². The van der Waals surface area contributed by atoms with Crippen molar-refractivity contribution in [3.8, 4) is 0 Å². The summed E-state index contributed by atoms with van der Waals surface area (Å²) in [6, 6.07) is 0.800. The van der Waals surface area contributed by atoms with Crippen LogP contribution in [0.5, 0.6) is 0 Å². The second kappa shape index (κ2) is 3.56. The molecule has 0 aliphatic heterocycles. The Morgan fingerprint density at radius 2 is 1.93 bits per heavy atom. The summed E-state index contributed by atoms with van der Waals surface area (Å²) < 4.78 is 37.2. The minimum absolute atomic E-state index is 0.0812. The first-order valence-corrected chi connectivity index (χ1v) is 4.76. The second-order valence-corrected chi connectivity index (χ2v) is 3.31. The van der Waals surface area contributed by atoms with Gasteiger partial charge in [0.2, 0.25) is 0 Å². The fourth-order valence-electron chi connectivity index (χ4n) is 0.884. The van der Waals surface area contributed by atoms with Crippen LogP contribution in [0.4, 0.5) is 24.7 Å². The molecule has 0 saturated heterocycles. The molecule has 0 bridgehead atoms. The molecule has 4 N–H and O–H groups in total. The Morgan fingerprint density at radius 1 is 1.36 bits per heavy atom. The molecule has 1 heterocycles. The molecular formula is C7H8F3N3S. The summed E-state index contributed by atoms with van der Waals surface area (Å²) >= 11 is 0.878. The molecule has 3 nitrogen and oxygen atoms in total. The summed E-state index contributed by atoms with van der Waals surface area (Å²) in [5.41, 5.74) is 9.53. The Bertz CT molecular complexity index is 351. The number of thioether (sulfide) groups is 1. The van der Waals surface area contributed by atoms with Crippen molar-refractivity contribution >= 4 is 23.3 Å². The third-order valence-corrected chi connectivity index (χ3v) is 2.24. The van der Waals surface area contributed by atoms with Gasteiger partial charge in [-0.3, -0.25) is 0 Å². The van der Waals surface area contributed by atoms with Gasteiger partial charge in [-0.25, -0.2) is 4.98 Å². The first-order valence-electron chi connectivity index (χ1n) is 3.53. The number of nitrogens with two attached hydrogens (primary N) is 2. The molecule has 14 heavy (non-hydrogen) atoms. The highest BCUT2D eigenvalue weighted by Crippen LogP contribution is 2.37. The zero-order valence-electron chi connectivity index (χ0n) is 7.22. The molecular weight excluding hydrogens is 215 g/mol. The highest BCUT2D eigenvalue weighted by molar-refractivity contribution is 7.98. The smallest absolute Gasteiger partial charge is 0.396 e. The average molecular weight is 223 g/mol. The van der Waals surface area contributed by atoms with E-state index in [0.29, 0.717) is 0 Å². The zero-order valence-corrected chi connectivity index (χ0v) is 8.04. The predicted octanol–water partition coefficient (Wildman–Crippen LogP) is 1.99. The van der Waals surface area contributed by atoms with E-state index in [1.165, 1.54) is 6.26 Å². The molecule has 0 aromatic carbocycles. The lowest BCUT2D eigenvalue weighted by Gasteiger charge is -2.12. The van der Waals surface area contributed by atoms with Gasteiger partial charge in [0.15, 0.2) is 0 Å². The first-order chi connectivity index (χ1) is 6.36. The summed E-state index contributed by atoms with van der Waals surface area (Å²) in [6.45, 7) is 0. The number of alkyl halides is 3. The van der Waals surface area contributed by atoms with Crippen LogP contribution in [0.15, 0.2) is 11.1 Å². The van der Waals surface area contributed by atoms with Gasteiger partial charge in [0.25, 0.3) is 0 Å². The molecule has 78 valence electrons. The average Bonchev–Trinajstić information content (AvgIpc) is 2.07. The Kier molecular flexibility index (Phi) is 2.79. The topological polar surface area (TPSA) is 64.9 Å². The van der Waals surface area contributed by atoms with Crippen LogP contribution in [0.2, 0.25) is 0 Å². The number of nitrogens with zero attached hydrogens (tertiary/aromatic N) is 1. The third-order valence-electron chi connectivity index (χ3n) is 1.55. The van der Waals surface area contributed by atoms with Gasteiger partial charge in [-0.2, -0.15) is 13.2 Å². The number of nitrogen functional groups attached to an aromatic ring is 2. The van der Waals surface area contributed by atoms with Crippen molar-refractivity contribution in [2.24, 2.45) is 0 Å². The molecule has 7 heteroatoms. The minimum atomic E-state index is -4.45. The van der Waals surface area contributed by atoms with Gasteiger partial charge in [0.05, 0.1) is 11.3 Å². The van der Waals surface area contributed by atoms with Crippen molar-refractivity contribution in [2.45, 2.75) is 11.2 Å². The lowest BCUT2D eigenvalue weighted by molar-refractivity contribution is -0.140. The molecule has 0 spiro atoms. The first kappa shape index (κ1) is 11.0. The molecule has 1 aromatic rings. The summed E-state index contributed by atoms with van der Waals surface area (Å²) in [5, 5.41) is -0.163. The zero-order chi connectivity index (χ0) is 10.9. The number of aromatic nitrogens is 1. The van der Waals surface area contributed by atoms with Crippen molar-refractivity contribution in [2.75, 3.05) is 17.7 Å². The predicted molar refractivity (Wildman–Crippen MR) is 49.8 cm³/mol. The van der Waals surface area contributed by atoms with E-state index in [9.17, 15) is 13.2 Å². The molecule has 0 saturated carbocycles. The molecule has 0 amide bonds. The van der Waals surface area contributed by atoms with E-state index in [-0.39, 0.29) is 16.5 Å². The Labute approximate surface area is 82.7 Å². The highest BCUT2D eigenvalue weighted by Gasteiger charge is 2.34. The van der Waals surface area contributed by atoms with E-state index in [4.69, 9.17) is 11.5 Å². The normalized spacial score (nSPS) is 11.7. The number of anilines is 2. The monoisotopic (exact) mass is 223 g/mol. The summed E-state index contributed by atoms with van der Waals surface area (Å²) in [7, 11) is 0. The maximum absolute atomic E-state index is 12.4. The van der Waals surface area contributed by atoms with Gasteiger partial charge in [0, 0.05) is 0 Å². The van der Waals surface area contributed by atoms with Gasteiger partial charge < -0.3 is 11.5 Å². The van der Waals surface area contributed by atoms with Crippen LogP contribution in [-0.4, -0.2) is 11.2 Å². The number of rotatable bonds is 1. The molecule has 0 atom stereocenters. The second-order valence-electron chi connectivity index (χ2n) is 2.52. The minimum Gasteiger partial charge on any atom is -0.396 e. The van der Waals surface area contributed by atoms with Crippen LogP contribution in [-0.2, 0) is 6.18 Å². The van der Waals surface area contributed by atoms with Gasteiger partial charge >= 0.3 is 6.18 Å². The lowest BCUT2D eigenvalue weighted by Crippen LogP contribution is -2.11. The third kappa shape index (κ3) is 2.03. The number of hydrogen-bond acceptors (Lipinski definition) is 4. The van der Waals surface area contributed by atoms with Crippen molar-refractivity contribution in [1.29, 1.82) is 0 Å². The molecule has 1 rings (SSSR count). The summed E-state index contributed by atoms with van der Waals surface area (Å²) in [6.07, 6.45) is -2.96. The van der Waals surface area contributed by atoms with Gasteiger partial charge in [-0.1, -0.05) is 0 Å². The van der Waals surface area contributed by atoms with Gasteiger partial charge in [-0.05, 0) is 12.3 Å². The van der Waals surface area contributed by atoms with Crippen molar-refractivity contribution in [1.82, 2.24) is 4.98 Å². The molecule has 0 unspecified atom stereocenters. The maximum Gasteiger partial charge on any atom is 0.419 e. The van der Waals surface area contributed by atoms with Crippen molar-refractivity contribution in [3.05, 3.63) is 11.6 Å². The van der Waals surface area contributed by atoms with Crippen LogP contribution in [0.25, 0.3) is 0 Å². The number of pyridine rings is 1. The molecule has 0 aliphatic rings. The van der Waals surface area contributed by atoms with Crippen LogP contribution in [0.1, 0.15) is 5.56 Å². The maximum atomic E-state index is 12.4. The molecule has 0 aliphatic carbocycles. The van der Waals surface area contributed by atoms with E-state index in [2.05, 4.69) is 4.98 Å². The Hall–Kier alpha value is -1.11. The van der Waals surface area contributed by atoms with Gasteiger partial charge in [0.1, 0.15) is 10.8 Å². The fraction of sp³-hybridized carbons (Fsp3) is 0.286. The Balaban J connectivity index is 3.35. The number of hydrogen-bond donors (Lipinski definition) is 2. The summed E-state index contributed by atoms with van der Waals surface area (Å²) in [5.74, 6) is -0.0812. The summed E-state index contributed by atoms with van der Waals surface area (Å²) in [4.78, 5) is 3.55. The lowest BCUT2D eigenvalue weighted by atomic mass is 10.2. The van der Waals surface area contributed by atoms with Crippen LogP contribution < -0.4 is 11.5 Å². The van der Waals surface area contributed by atoms with E-state index < -0.39 is 11.7 Å². The largest absolute Gasteiger partial charge is 0.419 e. The highest BCUT2D eigenvalue weighted by atomic mass is 32.2. The van der Waals surface area contributed by atoms with Crippen LogP contribution >= 0.6 is 11.8 Å². The van der Waals surface area contributed by atoms with E-state index in [1.54, 1.807) is 0 Å². The van der Waals surface area contributed by atoms with Crippen LogP contribution in [0, 0.1) is 0 Å². The van der Waals surface area contributed by atoms with E-state index in [1.807, 2.05) is 0 Å². The fourth-order valence-corrected chi connectivity index (χ4v) is 1.47. The molecule has 0 fully saturated rings. The van der Waals surface area contributed by atoms with Crippen molar-refractivity contribution < 1.29 is 13.2 Å². The quantitative estimate of drug-likeness (QED) is 0.714.